The van der Waals surface area contributed by atoms with Crippen LogP contribution >= 0.6 is 11.6 Å². The van der Waals surface area contributed by atoms with Gasteiger partial charge in [0.25, 0.3) is 0 Å². The van der Waals surface area contributed by atoms with Gasteiger partial charge in [0.2, 0.25) is 0 Å². The number of nitrogens with zero attached hydrogens (tertiary/aromatic N) is 3. The van der Waals surface area contributed by atoms with Crippen LogP contribution in [-0.4, -0.2) is 54.7 Å². The maximum atomic E-state index is 6.27. The van der Waals surface area contributed by atoms with E-state index in [9.17, 15) is 0 Å². The van der Waals surface area contributed by atoms with E-state index in [1.54, 1.807) is 14.2 Å². The van der Waals surface area contributed by atoms with Crippen LogP contribution in [0.25, 0.3) is 16.9 Å². The van der Waals surface area contributed by atoms with Gasteiger partial charge in [-0.25, -0.2) is 4.98 Å². The van der Waals surface area contributed by atoms with E-state index in [-0.39, 0.29) is 0 Å². The normalized spacial score (nSPS) is 15.2. The molecule has 7 heteroatoms. The van der Waals surface area contributed by atoms with Gasteiger partial charge in [-0.3, -0.25) is 4.90 Å². The molecule has 0 amide bonds. The van der Waals surface area contributed by atoms with Gasteiger partial charge in [-0.2, -0.15) is 0 Å². The summed E-state index contributed by atoms with van der Waals surface area (Å²) in [5, 5.41) is 4.09. The molecule has 0 aliphatic carbocycles. The predicted molar refractivity (Wildman–Crippen MR) is 107 cm³/mol. The smallest absolute Gasteiger partial charge is 0.161 e. The van der Waals surface area contributed by atoms with Crippen LogP contribution in [0.3, 0.4) is 0 Å². The molecule has 2 aromatic heterocycles. The number of benzene rings is 1. The second-order valence-electron chi connectivity index (χ2n) is 6.58. The summed E-state index contributed by atoms with van der Waals surface area (Å²) in [6.45, 7) is 4.84. The minimum atomic E-state index is 0.693. The molecule has 27 heavy (non-hydrogen) atoms. The average molecular weight is 387 g/mol. The molecule has 1 fully saturated rings. The van der Waals surface area contributed by atoms with Crippen molar-refractivity contribution in [2.75, 3.05) is 40.4 Å². The van der Waals surface area contributed by atoms with Gasteiger partial charge in [0, 0.05) is 44.5 Å². The van der Waals surface area contributed by atoms with Crippen LogP contribution in [0.1, 0.15) is 5.69 Å². The van der Waals surface area contributed by atoms with E-state index < -0.39 is 0 Å². The monoisotopic (exact) mass is 386 g/mol. The predicted octanol–water partition coefficient (Wildman–Crippen LogP) is 3.08. The van der Waals surface area contributed by atoms with Crippen LogP contribution in [0, 0.1) is 0 Å². The molecule has 1 aliphatic heterocycles. The highest BCUT2D eigenvalue weighted by Crippen LogP contribution is 2.34. The quantitative estimate of drug-likeness (QED) is 0.730. The maximum Gasteiger partial charge on any atom is 0.161 e. The van der Waals surface area contributed by atoms with E-state index in [1.165, 1.54) is 0 Å². The number of nitrogens with one attached hydrogen (secondary N) is 1. The summed E-state index contributed by atoms with van der Waals surface area (Å²) in [6.07, 6.45) is 1.94. The van der Waals surface area contributed by atoms with Crippen molar-refractivity contribution in [3.05, 3.63) is 47.2 Å². The third-order valence-corrected chi connectivity index (χ3v) is 5.14. The first-order valence-corrected chi connectivity index (χ1v) is 9.39. The molecule has 1 N–H and O–H groups in total. The molecule has 0 bridgehead atoms. The number of piperazine rings is 1. The number of imidazole rings is 1. The molecule has 1 aliphatic rings. The summed E-state index contributed by atoms with van der Waals surface area (Å²) in [5.41, 5.74) is 3.95. The zero-order valence-corrected chi connectivity index (χ0v) is 16.3. The molecule has 3 aromatic rings. The number of halogens is 1. The molecule has 6 nitrogen and oxygen atoms in total. The highest BCUT2D eigenvalue weighted by molar-refractivity contribution is 6.30. The third-order valence-electron chi connectivity index (χ3n) is 4.92. The van der Waals surface area contributed by atoms with Crippen molar-refractivity contribution in [1.82, 2.24) is 19.6 Å². The Kier molecular flexibility index (Phi) is 5.20. The van der Waals surface area contributed by atoms with Gasteiger partial charge < -0.3 is 19.2 Å². The lowest BCUT2D eigenvalue weighted by molar-refractivity contribution is 0.230. The first-order valence-electron chi connectivity index (χ1n) is 9.01. The van der Waals surface area contributed by atoms with Gasteiger partial charge in [-0.05, 0) is 30.3 Å². The molecular formula is C20H23ClN4O2. The maximum absolute atomic E-state index is 6.27. The van der Waals surface area contributed by atoms with Gasteiger partial charge in [0.1, 0.15) is 5.65 Å². The van der Waals surface area contributed by atoms with Crippen LogP contribution in [0.4, 0.5) is 0 Å². The molecule has 3 heterocycles. The molecule has 142 valence electrons. The van der Waals surface area contributed by atoms with E-state index in [0.29, 0.717) is 16.5 Å². The summed E-state index contributed by atoms with van der Waals surface area (Å²) < 4.78 is 12.9. The van der Waals surface area contributed by atoms with Crippen molar-refractivity contribution in [2.24, 2.45) is 0 Å². The molecule has 0 radical (unpaired) electrons. The molecule has 1 aromatic carbocycles. The summed E-state index contributed by atoms with van der Waals surface area (Å²) >= 11 is 6.27. The lowest BCUT2D eigenvalue weighted by Gasteiger charge is -2.27. The molecule has 0 spiro atoms. The van der Waals surface area contributed by atoms with E-state index >= 15 is 0 Å². The largest absolute Gasteiger partial charge is 0.493 e. The Morgan fingerprint density at radius 2 is 1.85 bits per heavy atom. The number of methoxy groups -OCH3 is 2. The van der Waals surface area contributed by atoms with Crippen molar-refractivity contribution >= 4 is 17.2 Å². The first-order chi connectivity index (χ1) is 13.2. The molecule has 1 saturated heterocycles. The molecular weight excluding hydrogens is 364 g/mol. The Balaban J connectivity index is 1.82. The van der Waals surface area contributed by atoms with Crippen LogP contribution in [-0.2, 0) is 6.54 Å². The first kappa shape index (κ1) is 18.1. The molecule has 0 saturated carbocycles. The Morgan fingerprint density at radius 1 is 1.07 bits per heavy atom. The van der Waals surface area contributed by atoms with Crippen LogP contribution in [0.2, 0.25) is 5.02 Å². The van der Waals surface area contributed by atoms with E-state index in [2.05, 4.69) is 14.6 Å². The molecule has 0 unspecified atom stereocenters. The van der Waals surface area contributed by atoms with Crippen molar-refractivity contribution in [2.45, 2.75) is 6.54 Å². The lowest BCUT2D eigenvalue weighted by atomic mass is 10.1. The number of hydrogen-bond donors (Lipinski definition) is 1. The SMILES string of the molecule is COc1ccc(-c2nc3ccc(Cl)cn3c2CN2CCNCC2)cc1OC. The molecule has 0 atom stereocenters. The van der Waals surface area contributed by atoms with Gasteiger partial charge in [0.05, 0.1) is 30.6 Å². The van der Waals surface area contributed by atoms with Crippen LogP contribution in [0.15, 0.2) is 36.5 Å². The van der Waals surface area contributed by atoms with E-state index in [1.807, 2.05) is 36.5 Å². The van der Waals surface area contributed by atoms with Crippen molar-refractivity contribution in [3.8, 4) is 22.8 Å². The van der Waals surface area contributed by atoms with E-state index in [0.717, 1.165) is 55.3 Å². The van der Waals surface area contributed by atoms with Gasteiger partial charge in [-0.15, -0.1) is 0 Å². The summed E-state index contributed by atoms with van der Waals surface area (Å²) in [6, 6.07) is 9.74. The zero-order valence-electron chi connectivity index (χ0n) is 15.5. The number of fused-ring (bicyclic) bond motifs is 1. The fourth-order valence-corrected chi connectivity index (χ4v) is 3.67. The minimum absolute atomic E-state index is 0.693. The number of aromatic nitrogens is 2. The second kappa shape index (κ2) is 7.76. The highest BCUT2D eigenvalue weighted by Gasteiger charge is 2.20. The Bertz CT molecular complexity index is 951. The summed E-state index contributed by atoms with van der Waals surface area (Å²) in [4.78, 5) is 7.32. The number of pyridine rings is 1. The minimum Gasteiger partial charge on any atom is -0.493 e. The van der Waals surface area contributed by atoms with Gasteiger partial charge in [0.15, 0.2) is 11.5 Å². The van der Waals surface area contributed by atoms with Crippen molar-refractivity contribution < 1.29 is 9.47 Å². The zero-order chi connectivity index (χ0) is 18.8. The summed E-state index contributed by atoms with van der Waals surface area (Å²) in [7, 11) is 3.28. The number of hydrogen-bond acceptors (Lipinski definition) is 5. The van der Waals surface area contributed by atoms with Crippen LogP contribution in [0.5, 0.6) is 11.5 Å². The number of rotatable bonds is 5. The lowest BCUT2D eigenvalue weighted by Crippen LogP contribution is -2.43. The van der Waals surface area contributed by atoms with Crippen molar-refractivity contribution in [1.29, 1.82) is 0 Å². The van der Waals surface area contributed by atoms with Crippen molar-refractivity contribution in [3.63, 3.8) is 0 Å². The standard InChI is InChI=1S/C20H23ClN4O2/c1-26-17-5-3-14(11-18(17)27-2)20-16(13-24-9-7-22-8-10-24)25-12-15(21)4-6-19(25)23-20/h3-6,11-12,22H,7-10,13H2,1-2H3. The Morgan fingerprint density at radius 3 is 2.59 bits per heavy atom. The summed E-state index contributed by atoms with van der Waals surface area (Å²) in [5.74, 6) is 1.40. The Hall–Kier alpha value is -2.28. The van der Waals surface area contributed by atoms with E-state index in [4.69, 9.17) is 26.1 Å². The fraction of sp³-hybridized carbons (Fsp3) is 0.350. The van der Waals surface area contributed by atoms with Crippen LogP contribution < -0.4 is 14.8 Å². The highest BCUT2D eigenvalue weighted by atomic mass is 35.5. The average Bonchev–Trinajstić information content (AvgIpc) is 3.06. The third kappa shape index (κ3) is 3.60. The second-order valence-corrected chi connectivity index (χ2v) is 7.01. The Labute approximate surface area is 163 Å². The topological polar surface area (TPSA) is 51.0 Å². The van der Waals surface area contributed by atoms with Gasteiger partial charge >= 0.3 is 0 Å². The van der Waals surface area contributed by atoms with Gasteiger partial charge in [-0.1, -0.05) is 11.6 Å². The molecule has 4 rings (SSSR count). The number of ether oxygens (including phenoxy) is 2. The fourth-order valence-electron chi connectivity index (χ4n) is 3.51.